The summed E-state index contributed by atoms with van der Waals surface area (Å²) in [4.78, 5) is 12.8. The van der Waals surface area contributed by atoms with Crippen molar-refractivity contribution in [1.29, 1.82) is 0 Å². The fourth-order valence-electron chi connectivity index (χ4n) is 0.987. The van der Waals surface area contributed by atoms with Crippen molar-refractivity contribution in [2.75, 3.05) is 26.0 Å². The lowest BCUT2D eigenvalue weighted by molar-refractivity contribution is -0.126. The summed E-state index contributed by atoms with van der Waals surface area (Å²) in [5, 5.41) is 4.11. The van der Waals surface area contributed by atoms with Gasteiger partial charge in [0.1, 0.15) is 0 Å². The highest BCUT2D eigenvalue weighted by molar-refractivity contribution is 6.44. The Labute approximate surface area is 109 Å². The van der Waals surface area contributed by atoms with Gasteiger partial charge >= 0.3 is 0 Å². The zero-order valence-corrected chi connectivity index (χ0v) is 11.1. The van der Waals surface area contributed by atoms with Gasteiger partial charge in [-0.15, -0.1) is 0 Å². The molecule has 0 heterocycles. The van der Waals surface area contributed by atoms with Gasteiger partial charge in [-0.3, -0.25) is 4.79 Å². The Morgan fingerprint density at radius 1 is 1.19 bits per heavy atom. The molecule has 6 heteroatoms. The van der Waals surface area contributed by atoms with Crippen molar-refractivity contribution in [3.63, 3.8) is 0 Å². The summed E-state index contributed by atoms with van der Waals surface area (Å²) in [6.07, 6.45) is 0. The van der Waals surface area contributed by atoms with Crippen LogP contribution in [0.25, 0.3) is 0 Å². The Kier molecular flexibility index (Phi) is 4.71. The van der Waals surface area contributed by atoms with Gasteiger partial charge in [-0.25, -0.2) is 0 Å². The molecule has 1 N–H and O–H groups in total. The van der Waals surface area contributed by atoms with Crippen molar-refractivity contribution in [3.8, 4) is 0 Å². The van der Waals surface area contributed by atoms with Crippen molar-refractivity contribution < 1.29 is 4.79 Å². The molecule has 0 aliphatic carbocycles. The summed E-state index contributed by atoms with van der Waals surface area (Å²) in [5.74, 6) is -0.0536. The van der Waals surface area contributed by atoms with E-state index in [0.29, 0.717) is 20.8 Å². The second-order valence-corrected chi connectivity index (χ2v) is 4.61. The summed E-state index contributed by atoms with van der Waals surface area (Å²) < 4.78 is 0. The molecule has 0 aliphatic heterocycles. The zero-order chi connectivity index (χ0) is 12.3. The van der Waals surface area contributed by atoms with E-state index in [2.05, 4.69) is 5.32 Å². The van der Waals surface area contributed by atoms with Crippen molar-refractivity contribution >= 4 is 46.4 Å². The third kappa shape index (κ3) is 3.44. The lowest BCUT2D eigenvalue weighted by Gasteiger charge is -2.13. The average Bonchev–Trinajstić information content (AvgIpc) is 2.20. The van der Waals surface area contributed by atoms with E-state index in [-0.39, 0.29) is 12.5 Å². The molecular formula is C10H11Cl3N2O. The molecule has 0 aliphatic rings. The smallest absolute Gasteiger partial charge is 0.241 e. The third-order valence-electron chi connectivity index (χ3n) is 1.94. The standard InChI is InChI=1S/C10H11Cl3N2O/c1-15(2)10(16)5-14-9-4-7(12)6(11)3-8(9)13/h3-4,14H,5H2,1-2H3. The van der Waals surface area contributed by atoms with E-state index in [1.807, 2.05) is 0 Å². The van der Waals surface area contributed by atoms with Gasteiger partial charge < -0.3 is 10.2 Å². The predicted molar refractivity (Wildman–Crippen MR) is 68.7 cm³/mol. The molecule has 16 heavy (non-hydrogen) atoms. The quantitative estimate of drug-likeness (QED) is 0.863. The van der Waals surface area contributed by atoms with E-state index in [0.717, 1.165) is 0 Å². The van der Waals surface area contributed by atoms with Crippen molar-refractivity contribution in [1.82, 2.24) is 4.90 Å². The largest absolute Gasteiger partial charge is 0.375 e. The number of anilines is 1. The number of benzene rings is 1. The molecular weight excluding hydrogens is 270 g/mol. The van der Waals surface area contributed by atoms with Gasteiger partial charge in [0.2, 0.25) is 5.91 Å². The Bertz CT molecular complexity index is 407. The first-order chi connectivity index (χ1) is 7.41. The first-order valence-electron chi connectivity index (χ1n) is 4.50. The van der Waals surface area contributed by atoms with E-state index in [4.69, 9.17) is 34.8 Å². The fraction of sp³-hybridized carbons (Fsp3) is 0.300. The van der Waals surface area contributed by atoms with Crippen LogP contribution in [-0.2, 0) is 4.79 Å². The van der Waals surface area contributed by atoms with Crippen LogP contribution in [-0.4, -0.2) is 31.4 Å². The maximum absolute atomic E-state index is 11.3. The summed E-state index contributed by atoms with van der Waals surface area (Å²) in [7, 11) is 3.36. The lowest BCUT2D eigenvalue weighted by atomic mass is 10.3. The molecule has 0 bridgehead atoms. The van der Waals surface area contributed by atoms with Gasteiger partial charge in [0.15, 0.2) is 0 Å². The number of nitrogens with one attached hydrogen (secondary N) is 1. The van der Waals surface area contributed by atoms with Crippen LogP contribution in [0.1, 0.15) is 0 Å². The number of carbonyl (C=O) groups is 1. The summed E-state index contributed by atoms with van der Waals surface area (Å²) in [6, 6.07) is 3.13. The molecule has 0 fully saturated rings. The van der Waals surface area contributed by atoms with Gasteiger partial charge in [0.05, 0.1) is 27.3 Å². The average molecular weight is 282 g/mol. The first kappa shape index (κ1) is 13.4. The topological polar surface area (TPSA) is 32.3 Å². The Balaban J connectivity index is 2.75. The minimum atomic E-state index is -0.0536. The molecule has 0 saturated heterocycles. The number of amides is 1. The maximum atomic E-state index is 11.3. The molecule has 1 aromatic carbocycles. The highest BCUT2D eigenvalue weighted by Crippen LogP contribution is 2.31. The van der Waals surface area contributed by atoms with Crippen LogP contribution in [0, 0.1) is 0 Å². The molecule has 0 spiro atoms. The summed E-state index contributed by atoms with van der Waals surface area (Å²) in [6.45, 7) is 0.157. The van der Waals surface area contributed by atoms with E-state index < -0.39 is 0 Å². The van der Waals surface area contributed by atoms with Gasteiger partial charge in [-0.1, -0.05) is 34.8 Å². The predicted octanol–water partition coefficient (Wildman–Crippen LogP) is 3.15. The molecule has 0 saturated carbocycles. The molecule has 0 unspecified atom stereocenters. The van der Waals surface area contributed by atoms with Crippen LogP contribution in [0.3, 0.4) is 0 Å². The van der Waals surface area contributed by atoms with Gasteiger partial charge in [0.25, 0.3) is 0 Å². The maximum Gasteiger partial charge on any atom is 0.241 e. The SMILES string of the molecule is CN(C)C(=O)CNc1cc(Cl)c(Cl)cc1Cl. The molecule has 0 aromatic heterocycles. The van der Waals surface area contributed by atoms with Crippen molar-refractivity contribution in [2.45, 2.75) is 0 Å². The van der Waals surface area contributed by atoms with E-state index in [9.17, 15) is 4.79 Å². The normalized spacial score (nSPS) is 10.1. The van der Waals surface area contributed by atoms with Crippen molar-refractivity contribution in [3.05, 3.63) is 27.2 Å². The van der Waals surface area contributed by atoms with E-state index >= 15 is 0 Å². The molecule has 88 valence electrons. The zero-order valence-electron chi connectivity index (χ0n) is 8.85. The third-order valence-corrected chi connectivity index (χ3v) is 2.97. The van der Waals surface area contributed by atoms with E-state index in [1.54, 1.807) is 20.2 Å². The fourth-order valence-corrected chi connectivity index (χ4v) is 1.60. The molecule has 1 amide bonds. The van der Waals surface area contributed by atoms with Crippen LogP contribution in [0.5, 0.6) is 0 Å². The van der Waals surface area contributed by atoms with Gasteiger partial charge in [-0.2, -0.15) is 0 Å². The monoisotopic (exact) mass is 280 g/mol. The number of rotatable bonds is 3. The van der Waals surface area contributed by atoms with Crippen LogP contribution in [0.4, 0.5) is 5.69 Å². The Morgan fingerprint density at radius 2 is 1.75 bits per heavy atom. The second-order valence-electron chi connectivity index (χ2n) is 3.39. The van der Waals surface area contributed by atoms with E-state index in [1.165, 1.54) is 11.0 Å². The van der Waals surface area contributed by atoms with Gasteiger partial charge in [-0.05, 0) is 12.1 Å². The van der Waals surface area contributed by atoms with Crippen LogP contribution >= 0.6 is 34.8 Å². The molecule has 1 aromatic rings. The molecule has 1 rings (SSSR count). The van der Waals surface area contributed by atoms with Crippen molar-refractivity contribution in [2.24, 2.45) is 0 Å². The number of likely N-dealkylation sites (N-methyl/N-ethyl adjacent to an activating group) is 1. The second kappa shape index (κ2) is 5.62. The lowest BCUT2D eigenvalue weighted by Crippen LogP contribution is -2.28. The summed E-state index contributed by atoms with van der Waals surface area (Å²) >= 11 is 17.6. The Morgan fingerprint density at radius 3 is 2.31 bits per heavy atom. The number of hydrogen-bond donors (Lipinski definition) is 1. The van der Waals surface area contributed by atoms with Crippen LogP contribution < -0.4 is 5.32 Å². The highest BCUT2D eigenvalue weighted by atomic mass is 35.5. The minimum Gasteiger partial charge on any atom is -0.375 e. The number of nitrogens with zero attached hydrogens (tertiary/aromatic N) is 1. The molecule has 0 atom stereocenters. The first-order valence-corrected chi connectivity index (χ1v) is 5.63. The Hall–Kier alpha value is -0.640. The molecule has 3 nitrogen and oxygen atoms in total. The minimum absolute atomic E-state index is 0.0536. The number of hydrogen-bond acceptors (Lipinski definition) is 2. The van der Waals surface area contributed by atoms with Crippen LogP contribution in [0.15, 0.2) is 12.1 Å². The number of carbonyl (C=O) groups excluding carboxylic acids is 1. The van der Waals surface area contributed by atoms with Crippen LogP contribution in [0.2, 0.25) is 15.1 Å². The van der Waals surface area contributed by atoms with Gasteiger partial charge in [0, 0.05) is 14.1 Å². The summed E-state index contributed by atoms with van der Waals surface area (Å²) in [5.41, 5.74) is 0.589. The number of halogens is 3. The molecule has 0 radical (unpaired) electrons. The highest BCUT2D eigenvalue weighted by Gasteiger charge is 2.08.